The van der Waals surface area contributed by atoms with Gasteiger partial charge in [-0.2, -0.15) is 0 Å². The van der Waals surface area contributed by atoms with Gasteiger partial charge in [-0.1, -0.05) is 31.2 Å². The second-order valence-corrected chi connectivity index (χ2v) is 5.28. The Bertz CT molecular complexity index is 395. The molecule has 0 heterocycles. The molecule has 0 saturated heterocycles. The minimum atomic E-state index is -0.478. The molecular formula is C14H18BNO2. The number of carbonyl (C=O) groups excluding carboxylic acids is 1. The van der Waals surface area contributed by atoms with Crippen LogP contribution in [0, 0.1) is 12.1 Å². The topological polar surface area (TPSA) is 38.3 Å². The lowest BCUT2D eigenvalue weighted by atomic mass is 9.95. The second kappa shape index (κ2) is 5.81. The maximum Gasteiger partial charge on any atom is 0.407 e. The normalized spacial score (nSPS) is 12.4. The molecule has 0 aromatic heterocycles. The molecule has 1 rings (SSSR count). The second-order valence-electron chi connectivity index (χ2n) is 5.28. The lowest BCUT2D eigenvalue weighted by molar-refractivity contribution is 0.0525. The van der Waals surface area contributed by atoms with E-state index in [9.17, 15) is 4.79 Å². The zero-order valence-electron chi connectivity index (χ0n) is 11.3. The molecular weight excluding hydrogens is 225 g/mol. The highest BCUT2D eigenvalue weighted by Gasteiger charge is 2.16. The molecule has 18 heavy (non-hydrogen) atoms. The molecule has 1 N–H and O–H groups in total. The van der Waals surface area contributed by atoms with Gasteiger partial charge in [0.25, 0.3) is 0 Å². The van der Waals surface area contributed by atoms with E-state index >= 15 is 0 Å². The van der Waals surface area contributed by atoms with Crippen LogP contribution in [0.15, 0.2) is 12.1 Å². The van der Waals surface area contributed by atoms with Gasteiger partial charge in [0.15, 0.2) is 0 Å². The van der Waals surface area contributed by atoms with Crippen LogP contribution in [0.5, 0.6) is 0 Å². The Kier molecular flexibility index (Phi) is 4.66. The molecule has 3 nitrogen and oxygen atoms in total. The van der Waals surface area contributed by atoms with Crippen LogP contribution in [-0.2, 0) is 4.74 Å². The largest absolute Gasteiger partial charge is 0.444 e. The van der Waals surface area contributed by atoms with Crippen molar-refractivity contribution in [3.05, 3.63) is 29.8 Å². The van der Waals surface area contributed by atoms with E-state index in [2.05, 4.69) is 17.4 Å². The van der Waals surface area contributed by atoms with Crippen molar-refractivity contribution in [2.24, 2.45) is 0 Å². The van der Waals surface area contributed by atoms with Gasteiger partial charge in [0.05, 0.1) is 0 Å². The SMILES string of the molecule is [B]c1c#cc(C(C)CNC(=O)OC(C)(C)C)cc1. The van der Waals surface area contributed by atoms with Crippen molar-refractivity contribution >= 4 is 19.4 Å². The number of amides is 1. The molecule has 0 bridgehead atoms. The standard InChI is InChI=1S/C14H18BNO2/c1-10(11-5-7-12(15)8-6-11)9-16-13(17)18-14(2,3)4/h5,7,10H,9H2,1-4H3,(H,16,17). The average molecular weight is 243 g/mol. The predicted molar refractivity (Wildman–Crippen MR) is 72.2 cm³/mol. The summed E-state index contributed by atoms with van der Waals surface area (Å²) in [7, 11) is 5.54. The summed E-state index contributed by atoms with van der Waals surface area (Å²) in [4.78, 5) is 11.5. The Morgan fingerprint density at radius 3 is 2.61 bits per heavy atom. The average Bonchev–Trinajstić information content (AvgIpc) is 2.24. The van der Waals surface area contributed by atoms with Gasteiger partial charge in [-0.05, 0) is 26.2 Å². The first-order chi connectivity index (χ1) is 8.28. The zero-order chi connectivity index (χ0) is 13.8. The van der Waals surface area contributed by atoms with Gasteiger partial charge >= 0.3 is 6.09 Å². The summed E-state index contributed by atoms with van der Waals surface area (Å²) in [6, 6.07) is 9.44. The number of nitrogens with one attached hydrogen (secondary N) is 1. The summed E-state index contributed by atoms with van der Waals surface area (Å²) >= 11 is 0. The Morgan fingerprint density at radius 1 is 1.44 bits per heavy atom. The number of rotatable bonds is 3. The summed E-state index contributed by atoms with van der Waals surface area (Å²) in [6.45, 7) is 7.98. The molecule has 1 atom stereocenters. The monoisotopic (exact) mass is 243 g/mol. The van der Waals surface area contributed by atoms with Crippen LogP contribution in [0.4, 0.5) is 4.79 Å². The Hall–Kier alpha value is -1.63. The summed E-state index contributed by atoms with van der Waals surface area (Å²) < 4.78 is 5.16. The number of alkyl carbamates (subject to hydrolysis) is 1. The molecule has 4 heteroatoms. The lowest BCUT2D eigenvalue weighted by Crippen LogP contribution is -2.34. The first-order valence-electron chi connectivity index (χ1n) is 5.94. The van der Waals surface area contributed by atoms with E-state index < -0.39 is 11.7 Å². The van der Waals surface area contributed by atoms with Crippen LogP contribution in [0.2, 0.25) is 0 Å². The summed E-state index contributed by atoms with van der Waals surface area (Å²) in [5, 5.41) is 2.73. The maximum atomic E-state index is 11.5. The van der Waals surface area contributed by atoms with Crippen molar-refractivity contribution in [1.82, 2.24) is 5.32 Å². The van der Waals surface area contributed by atoms with Crippen LogP contribution in [-0.4, -0.2) is 26.1 Å². The van der Waals surface area contributed by atoms with Crippen LogP contribution in [0.25, 0.3) is 0 Å². The van der Waals surface area contributed by atoms with Crippen LogP contribution in [0.1, 0.15) is 39.2 Å². The maximum absolute atomic E-state index is 11.5. The number of carbonyl (C=O) groups is 1. The van der Waals surface area contributed by atoms with E-state index in [0.29, 0.717) is 12.0 Å². The van der Waals surface area contributed by atoms with E-state index in [0.717, 1.165) is 5.56 Å². The highest BCUT2D eigenvalue weighted by Crippen LogP contribution is 2.11. The zero-order valence-corrected chi connectivity index (χ0v) is 11.3. The molecule has 0 aliphatic heterocycles. The van der Waals surface area contributed by atoms with Crippen molar-refractivity contribution in [2.75, 3.05) is 6.54 Å². The van der Waals surface area contributed by atoms with E-state index in [-0.39, 0.29) is 5.92 Å². The number of ether oxygens (including phenoxy) is 1. The quantitative estimate of drug-likeness (QED) is 0.820. The first-order valence-corrected chi connectivity index (χ1v) is 5.94. The Labute approximate surface area is 110 Å². The predicted octanol–water partition coefficient (Wildman–Crippen LogP) is 1.71. The van der Waals surface area contributed by atoms with Crippen molar-refractivity contribution in [3.8, 4) is 0 Å². The van der Waals surface area contributed by atoms with Gasteiger partial charge in [-0.25, -0.2) is 4.79 Å². The van der Waals surface area contributed by atoms with Crippen LogP contribution >= 0.6 is 0 Å². The van der Waals surface area contributed by atoms with Crippen molar-refractivity contribution in [1.29, 1.82) is 0 Å². The number of hydrogen-bond acceptors (Lipinski definition) is 2. The fourth-order valence-electron chi connectivity index (χ4n) is 1.36. The molecule has 94 valence electrons. The fourth-order valence-corrected chi connectivity index (χ4v) is 1.36. The molecule has 1 amide bonds. The molecule has 0 fully saturated rings. The summed E-state index contributed by atoms with van der Waals surface area (Å²) in [6.07, 6.45) is -0.409. The van der Waals surface area contributed by atoms with E-state index in [1.165, 1.54) is 0 Å². The minimum Gasteiger partial charge on any atom is -0.444 e. The van der Waals surface area contributed by atoms with Gasteiger partial charge in [0, 0.05) is 18.0 Å². The smallest absolute Gasteiger partial charge is 0.407 e. The summed E-state index contributed by atoms with van der Waals surface area (Å²) in [5.74, 6) is 0.134. The van der Waals surface area contributed by atoms with Gasteiger partial charge in [-0.15, -0.1) is 0 Å². The van der Waals surface area contributed by atoms with Crippen molar-refractivity contribution in [2.45, 2.75) is 39.2 Å². The number of hydrogen-bond donors (Lipinski definition) is 1. The van der Waals surface area contributed by atoms with Gasteiger partial charge in [0.1, 0.15) is 13.4 Å². The third-order valence-corrected chi connectivity index (χ3v) is 2.28. The molecule has 1 aromatic carbocycles. The molecule has 0 aliphatic carbocycles. The van der Waals surface area contributed by atoms with E-state index in [1.54, 1.807) is 6.07 Å². The highest BCUT2D eigenvalue weighted by molar-refractivity contribution is 6.31. The van der Waals surface area contributed by atoms with Gasteiger partial charge < -0.3 is 10.1 Å². The van der Waals surface area contributed by atoms with Crippen LogP contribution in [0.3, 0.4) is 0 Å². The van der Waals surface area contributed by atoms with E-state index in [1.807, 2.05) is 33.8 Å². The minimum absolute atomic E-state index is 0.134. The molecule has 1 aromatic rings. The van der Waals surface area contributed by atoms with Gasteiger partial charge in [-0.3, -0.25) is 0 Å². The van der Waals surface area contributed by atoms with E-state index in [4.69, 9.17) is 12.6 Å². The van der Waals surface area contributed by atoms with Crippen molar-refractivity contribution < 1.29 is 9.53 Å². The molecule has 1 unspecified atom stereocenters. The molecule has 0 aliphatic rings. The Balaban J connectivity index is 2.44. The summed E-state index contributed by atoms with van der Waals surface area (Å²) in [5.41, 5.74) is 1.04. The fraction of sp³-hybridized carbons (Fsp3) is 0.500. The Morgan fingerprint density at radius 2 is 2.11 bits per heavy atom. The highest BCUT2D eigenvalue weighted by atomic mass is 16.6. The van der Waals surface area contributed by atoms with Gasteiger partial charge in [0.2, 0.25) is 0 Å². The first kappa shape index (κ1) is 14.4. The van der Waals surface area contributed by atoms with Crippen LogP contribution < -0.4 is 10.8 Å². The molecule has 0 saturated carbocycles. The third-order valence-electron chi connectivity index (χ3n) is 2.28. The van der Waals surface area contributed by atoms with Crippen molar-refractivity contribution in [3.63, 3.8) is 0 Å². The molecule has 0 spiro atoms. The molecule has 2 radical (unpaired) electrons. The third kappa shape index (κ3) is 5.14. The lowest BCUT2D eigenvalue weighted by Gasteiger charge is -2.20.